The van der Waals surface area contributed by atoms with Crippen LogP contribution in [-0.4, -0.2) is 13.1 Å². The van der Waals surface area contributed by atoms with Crippen molar-refractivity contribution in [1.29, 1.82) is 0 Å². The predicted octanol–water partition coefficient (Wildman–Crippen LogP) is 4.38. The Bertz CT molecular complexity index is 320. The highest BCUT2D eigenvalue weighted by Gasteiger charge is 2.34. The lowest BCUT2D eigenvalue weighted by Crippen LogP contribution is -2.43. The largest absolute Gasteiger partial charge is 0.316 e. The lowest BCUT2D eigenvalue weighted by Gasteiger charge is -2.39. The molecule has 1 nitrogen and oxygen atoms in total. The molecule has 0 amide bonds. The number of hydrogen-bond donors (Lipinski definition) is 1. The van der Waals surface area contributed by atoms with E-state index >= 15 is 0 Å². The van der Waals surface area contributed by atoms with E-state index in [1.807, 2.05) is 0 Å². The van der Waals surface area contributed by atoms with E-state index in [9.17, 15) is 0 Å². The SMILES string of the molecule is CCCNCC(CC)(c1ccccc1)C(C)CC. The van der Waals surface area contributed by atoms with Crippen LogP contribution in [-0.2, 0) is 5.41 Å². The Hall–Kier alpha value is -0.820. The summed E-state index contributed by atoms with van der Waals surface area (Å²) in [6, 6.07) is 11.0. The van der Waals surface area contributed by atoms with Gasteiger partial charge in [-0.15, -0.1) is 0 Å². The van der Waals surface area contributed by atoms with Gasteiger partial charge in [0, 0.05) is 12.0 Å². The van der Waals surface area contributed by atoms with Gasteiger partial charge in [0.2, 0.25) is 0 Å². The molecular weight excluding hydrogens is 218 g/mol. The zero-order valence-electron chi connectivity index (χ0n) is 12.5. The van der Waals surface area contributed by atoms with E-state index < -0.39 is 0 Å². The molecule has 0 heterocycles. The molecule has 0 aliphatic heterocycles. The second-order valence-electron chi connectivity index (χ2n) is 5.36. The van der Waals surface area contributed by atoms with E-state index in [0.29, 0.717) is 5.92 Å². The highest BCUT2D eigenvalue weighted by Crippen LogP contribution is 2.37. The second-order valence-corrected chi connectivity index (χ2v) is 5.36. The van der Waals surface area contributed by atoms with Crippen molar-refractivity contribution in [2.45, 2.75) is 52.4 Å². The molecular formula is C17H29N. The summed E-state index contributed by atoms with van der Waals surface area (Å²) in [6.07, 6.45) is 3.63. The Morgan fingerprint density at radius 2 is 1.78 bits per heavy atom. The Balaban J connectivity index is 2.98. The maximum Gasteiger partial charge on any atom is 0.0101 e. The van der Waals surface area contributed by atoms with Gasteiger partial charge in [0.1, 0.15) is 0 Å². The minimum atomic E-state index is 0.283. The lowest BCUT2D eigenvalue weighted by molar-refractivity contribution is 0.256. The molecule has 1 rings (SSSR count). The van der Waals surface area contributed by atoms with Crippen molar-refractivity contribution >= 4 is 0 Å². The third-order valence-corrected chi connectivity index (χ3v) is 4.40. The van der Waals surface area contributed by atoms with Crippen LogP contribution in [0.4, 0.5) is 0 Å². The van der Waals surface area contributed by atoms with Crippen LogP contribution in [0, 0.1) is 5.92 Å². The zero-order chi connectivity index (χ0) is 13.4. The fraction of sp³-hybridized carbons (Fsp3) is 0.647. The Kier molecular flexibility index (Phi) is 6.42. The smallest absolute Gasteiger partial charge is 0.0101 e. The van der Waals surface area contributed by atoms with Crippen LogP contribution in [0.1, 0.15) is 52.5 Å². The van der Waals surface area contributed by atoms with Crippen LogP contribution in [0.5, 0.6) is 0 Å². The van der Waals surface area contributed by atoms with Gasteiger partial charge in [-0.2, -0.15) is 0 Å². The quantitative estimate of drug-likeness (QED) is 0.672. The summed E-state index contributed by atoms with van der Waals surface area (Å²) >= 11 is 0. The molecule has 18 heavy (non-hydrogen) atoms. The predicted molar refractivity (Wildman–Crippen MR) is 81.0 cm³/mol. The third kappa shape index (κ3) is 3.35. The van der Waals surface area contributed by atoms with E-state index in [0.717, 1.165) is 13.1 Å². The minimum absolute atomic E-state index is 0.283. The number of nitrogens with one attached hydrogen (secondary N) is 1. The summed E-state index contributed by atoms with van der Waals surface area (Å²) in [5.41, 5.74) is 1.77. The molecule has 0 bridgehead atoms. The zero-order valence-corrected chi connectivity index (χ0v) is 12.5. The van der Waals surface area contributed by atoms with Gasteiger partial charge in [0.25, 0.3) is 0 Å². The standard InChI is InChI=1S/C17H29N/c1-5-13-18-14-17(7-3,15(4)6-2)16-11-9-8-10-12-16/h8-12,15,18H,5-7,13-14H2,1-4H3. The molecule has 0 aliphatic carbocycles. The molecule has 1 N–H and O–H groups in total. The first-order valence-electron chi connectivity index (χ1n) is 7.47. The molecule has 2 atom stereocenters. The monoisotopic (exact) mass is 247 g/mol. The molecule has 0 fully saturated rings. The molecule has 0 aromatic heterocycles. The van der Waals surface area contributed by atoms with Crippen LogP contribution >= 0.6 is 0 Å². The van der Waals surface area contributed by atoms with Gasteiger partial charge >= 0.3 is 0 Å². The van der Waals surface area contributed by atoms with Crippen molar-refractivity contribution in [3.8, 4) is 0 Å². The average Bonchev–Trinajstić information content (AvgIpc) is 2.44. The molecule has 0 saturated carbocycles. The van der Waals surface area contributed by atoms with Crippen LogP contribution in [0.2, 0.25) is 0 Å². The molecule has 1 aromatic carbocycles. The van der Waals surface area contributed by atoms with Gasteiger partial charge in [-0.25, -0.2) is 0 Å². The molecule has 1 heteroatoms. The maximum atomic E-state index is 3.64. The van der Waals surface area contributed by atoms with Gasteiger partial charge in [-0.05, 0) is 30.9 Å². The Morgan fingerprint density at radius 3 is 2.28 bits per heavy atom. The third-order valence-electron chi connectivity index (χ3n) is 4.40. The maximum absolute atomic E-state index is 3.64. The summed E-state index contributed by atoms with van der Waals surface area (Å²) in [6.45, 7) is 11.5. The van der Waals surface area contributed by atoms with Crippen LogP contribution in [0.25, 0.3) is 0 Å². The minimum Gasteiger partial charge on any atom is -0.316 e. The second kappa shape index (κ2) is 7.58. The molecule has 102 valence electrons. The number of benzene rings is 1. The Morgan fingerprint density at radius 1 is 1.11 bits per heavy atom. The molecule has 0 saturated heterocycles. The molecule has 0 aliphatic rings. The van der Waals surface area contributed by atoms with Crippen LogP contribution < -0.4 is 5.32 Å². The molecule has 2 unspecified atom stereocenters. The summed E-state index contributed by atoms with van der Waals surface area (Å²) < 4.78 is 0. The average molecular weight is 247 g/mol. The van der Waals surface area contributed by atoms with Gasteiger partial charge in [0.15, 0.2) is 0 Å². The topological polar surface area (TPSA) is 12.0 Å². The fourth-order valence-electron chi connectivity index (χ4n) is 2.89. The Labute approximate surface area is 113 Å². The van der Waals surface area contributed by atoms with E-state index in [2.05, 4.69) is 63.3 Å². The lowest BCUT2D eigenvalue weighted by atomic mass is 9.68. The fourth-order valence-corrected chi connectivity index (χ4v) is 2.89. The highest BCUT2D eigenvalue weighted by molar-refractivity contribution is 5.27. The molecule has 1 aromatic rings. The van der Waals surface area contributed by atoms with E-state index in [-0.39, 0.29) is 5.41 Å². The van der Waals surface area contributed by atoms with Gasteiger partial charge in [-0.3, -0.25) is 0 Å². The highest BCUT2D eigenvalue weighted by atomic mass is 14.9. The van der Waals surface area contributed by atoms with Gasteiger partial charge in [0.05, 0.1) is 0 Å². The number of hydrogen-bond acceptors (Lipinski definition) is 1. The van der Waals surface area contributed by atoms with E-state index in [1.54, 1.807) is 0 Å². The van der Waals surface area contributed by atoms with Gasteiger partial charge in [-0.1, -0.05) is 64.4 Å². The van der Waals surface area contributed by atoms with Crippen LogP contribution in [0.3, 0.4) is 0 Å². The van der Waals surface area contributed by atoms with Crippen molar-refractivity contribution in [3.05, 3.63) is 35.9 Å². The normalized spacial score (nSPS) is 16.2. The number of rotatable bonds is 8. The van der Waals surface area contributed by atoms with Crippen LogP contribution in [0.15, 0.2) is 30.3 Å². The first-order valence-corrected chi connectivity index (χ1v) is 7.47. The molecule has 0 spiro atoms. The first kappa shape index (κ1) is 15.2. The van der Waals surface area contributed by atoms with E-state index in [1.165, 1.54) is 24.8 Å². The van der Waals surface area contributed by atoms with Crippen molar-refractivity contribution in [3.63, 3.8) is 0 Å². The first-order chi connectivity index (χ1) is 8.71. The van der Waals surface area contributed by atoms with Crippen molar-refractivity contribution in [1.82, 2.24) is 5.32 Å². The summed E-state index contributed by atoms with van der Waals surface area (Å²) in [5.74, 6) is 0.703. The van der Waals surface area contributed by atoms with E-state index in [4.69, 9.17) is 0 Å². The summed E-state index contributed by atoms with van der Waals surface area (Å²) in [7, 11) is 0. The van der Waals surface area contributed by atoms with Gasteiger partial charge < -0.3 is 5.32 Å². The van der Waals surface area contributed by atoms with Crippen molar-refractivity contribution < 1.29 is 0 Å². The van der Waals surface area contributed by atoms with Crippen molar-refractivity contribution in [2.75, 3.05) is 13.1 Å². The summed E-state index contributed by atoms with van der Waals surface area (Å²) in [4.78, 5) is 0. The molecule has 0 radical (unpaired) electrons. The van der Waals surface area contributed by atoms with Crippen molar-refractivity contribution in [2.24, 2.45) is 5.92 Å². The summed E-state index contributed by atoms with van der Waals surface area (Å²) in [5, 5.41) is 3.64.